The number of allylic oxidation sites excluding steroid dienone is 1. The van der Waals surface area contributed by atoms with Crippen LogP contribution in [0.25, 0.3) is 6.08 Å². The van der Waals surface area contributed by atoms with Gasteiger partial charge in [0.1, 0.15) is 0 Å². The summed E-state index contributed by atoms with van der Waals surface area (Å²) in [7, 11) is 0. The summed E-state index contributed by atoms with van der Waals surface area (Å²) >= 11 is 0. The average molecular weight is 322 g/mol. The molecule has 0 saturated heterocycles. The fourth-order valence-corrected chi connectivity index (χ4v) is 2.36. The Balaban J connectivity index is 2.28. The van der Waals surface area contributed by atoms with Crippen molar-refractivity contribution in [2.75, 3.05) is 0 Å². The van der Waals surface area contributed by atoms with Crippen molar-refractivity contribution in [3.8, 4) is 0 Å². The Morgan fingerprint density at radius 1 is 1.30 bits per heavy atom. The number of halogens is 3. The number of aromatic nitrogens is 2. The Hall–Kier alpha value is -2.37. The Bertz CT molecular complexity index is 758. The summed E-state index contributed by atoms with van der Waals surface area (Å²) < 4.78 is 39.9. The molecule has 122 valence electrons. The van der Waals surface area contributed by atoms with Crippen LogP contribution in [0.2, 0.25) is 0 Å². The van der Waals surface area contributed by atoms with E-state index in [1.54, 1.807) is 6.08 Å². The summed E-state index contributed by atoms with van der Waals surface area (Å²) in [6.45, 7) is 6.38. The molecule has 0 unspecified atom stereocenters. The summed E-state index contributed by atoms with van der Waals surface area (Å²) in [5, 5.41) is 4.33. The first kappa shape index (κ1) is 17.0. The Morgan fingerprint density at radius 2 is 2.00 bits per heavy atom. The second kappa shape index (κ2) is 6.40. The van der Waals surface area contributed by atoms with Crippen molar-refractivity contribution < 1.29 is 18.0 Å². The van der Waals surface area contributed by atoms with Crippen LogP contribution in [0.3, 0.4) is 0 Å². The lowest BCUT2D eigenvalue weighted by atomic mass is 10.1. The van der Waals surface area contributed by atoms with Gasteiger partial charge in [-0.15, -0.1) is 0 Å². The predicted octanol–water partition coefficient (Wildman–Crippen LogP) is 4.43. The van der Waals surface area contributed by atoms with E-state index in [9.17, 15) is 18.0 Å². The number of aryl methyl sites for hydroxylation is 2. The van der Waals surface area contributed by atoms with Crippen molar-refractivity contribution >= 4 is 11.9 Å². The highest BCUT2D eigenvalue weighted by Crippen LogP contribution is 2.29. The minimum Gasteiger partial charge on any atom is -0.289 e. The molecule has 23 heavy (non-hydrogen) atoms. The number of carbonyl (C=O) groups is 1. The van der Waals surface area contributed by atoms with Gasteiger partial charge >= 0.3 is 6.18 Å². The van der Waals surface area contributed by atoms with E-state index in [-0.39, 0.29) is 5.56 Å². The zero-order valence-electron chi connectivity index (χ0n) is 13.1. The smallest absolute Gasteiger partial charge is 0.289 e. The molecule has 0 fully saturated rings. The highest BCUT2D eigenvalue weighted by Gasteiger charge is 2.30. The van der Waals surface area contributed by atoms with Crippen molar-refractivity contribution in [3.05, 3.63) is 58.4 Å². The van der Waals surface area contributed by atoms with Gasteiger partial charge in [0.05, 0.1) is 11.3 Å². The van der Waals surface area contributed by atoms with Gasteiger partial charge in [0, 0.05) is 23.4 Å². The van der Waals surface area contributed by atoms with E-state index in [0.717, 1.165) is 29.1 Å². The molecule has 0 aliphatic heterocycles. The highest BCUT2D eigenvalue weighted by molar-refractivity contribution is 6.07. The van der Waals surface area contributed by atoms with E-state index < -0.39 is 17.5 Å². The molecule has 0 aliphatic carbocycles. The topological polar surface area (TPSA) is 34.9 Å². The van der Waals surface area contributed by atoms with Crippen LogP contribution >= 0.6 is 0 Å². The number of hydrogen-bond donors (Lipinski definition) is 0. The van der Waals surface area contributed by atoms with E-state index in [1.807, 2.05) is 25.5 Å². The van der Waals surface area contributed by atoms with Crippen LogP contribution in [0.4, 0.5) is 13.2 Å². The Labute approximate surface area is 132 Å². The van der Waals surface area contributed by atoms with Crippen LogP contribution in [0.15, 0.2) is 30.3 Å². The number of hydrogen-bond acceptors (Lipinski definition) is 2. The molecule has 0 saturated carbocycles. The average Bonchev–Trinajstić information content (AvgIpc) is 2.78. The normalized spacial score (nSPS) is 12.1. The van der Waals surface area contributed by atoms with E-state index in [1.165, 1.54) is 18.2 Å². The Kier molecular flexibility index (Phi) is 4.73. The van der Waals surface area contributed by atoms with Crippen LogP contribution in [-0.4, -0.2) is 15.6 Å². The van der Waals surface area contributed by atoms with Crippen LogP contribution in [-0.2, 0) is 12.7 Å². The summed E-state index contributed by atoms with van der Waals surface area (Å²) in [5.74, 6) is -0.473. The number of ketones is 1. The lowest BCUT2D eigenvalue weighted by molar-refractivity contribution is -0.137. The molecule has 0 N–H and O–H groups in total. The third-order valence-corrected chi connectivity index (χ3v) is 3.61. The van der Waals surface area contributed by atoms with Crippen molar-refractivity contribution in [1.82, 2.24) is 9.78 Å². The molecule has 2 rings (SSSR count). The minimum atomic E-state index is -4.46. The van der Waals surface area contributed by atoms with Gasteiger partial charge in [-0.05, 0) is 45.1 Å². The van der Waals surface area contributed by atoms with Crippen LogP contribution in [0.5, 0.6) is 0 Å². The van der Waals surface area contributed by atoms with E-state index in [2.05, 4.69) is 5.10 Å². The second-order valence-corrected chi connectivity index (χ2v) is 5.18. The number of alkyl halides is 3. The van der Waals surface area contributed by atoms with Gasteiger partial charge < -0.3 is 0 Å². The molecule has 0 radical (unpaired) electrons. The molecule has 0 atom stereocenters. The van der Waals surface area contributed by atoms with E-state index in [4.69, 9.17) is 0 Å². The van der Waals surface area contributed by atoms with Crippen molar-refractivity contribution in [2.45, 2.75) is 33.5 Å². The molecule has 1 aromatic heterocycles. The third-order valence-electron chi connectivity index (χ3n) is 3.61. The first-order valence-corrected chi connectivity index (χ1v) is 7.17. The maximum absolute atomic E-state index is 12.7. The van der Waals surface area contributed by atoms with Gasteiger partial charge in [-0.2, -0.15) is 18.3 Å². The van der Waals surface area contributed by atoms with Gasteiger partial charge in [0.15, 0.2) is 5.78 Å². The number of carbonyl (C=O) groups excluding carboxylic acids is 1. The molecule has 0 spiro atoms. The molecule has 1 heterocycles. The highest BCUT2D eigenvalue weighted by atomic mass is 19.4. The lowest BCUT2D eigenvalue weighted by Crippen LogP contribution is -2.06. The predicted molar refractivity (Wildman–Crippen MR) is 82.2 cm³/mol. The molecular weight excluding hydrogens is 305 g/mol. The monoisotopic (exact) mass is 322 g/mol. The summed E-state index contributed by atoms with van der Waals surface area (Å²) in [6, 6.07) is 4.41. The van der Waals surface area contributed by atoms with Crippen molar-refractivity contribution in [2.24, 2.45) is 0 Å². The molecule has 3 nitrogen and oxygen atoms in total. The summed E-state index contributed by atoms with van der Waals surface area (Å²) in [4.78, 5) is 12.1. The number of benzene rings is 1. The van der Waals surface area contributed by atoms with Gasteiger partial charge in [-0.3, -0.25) is 9.48 Å². The summed E-state index contributed by atoms with van der Waals surface area (Å²) in [5.41, 5.74) is 1.68. The number of nitrogens with zero attached hydrogens (tertiary/aromatic N) is 2. The van der Waals surface area contributed by atoms with Crippen LogP contribution in [0, 0.1) is 13.8 Å². The fraction of sp³-hybridized carbons (Fsp3) is 0.294. The van der Waals surface area contributed by atoms with Crippen LogP contribution in [0.1, 0.15) is 39.8 Å². The zero-order valence-corrected chi connectivity index (χ0v) is 13.1. The fourth-order valence-electron chi connectivity index (χ4n) is 2.36. The number of rotatable bonds is 4. The first-order valence-electron chi connectivity index (χ1n) is 7.17. The minimum absolute atomic E-state index is 0.00858. The van der Waals surface area contributed by atoms with Crippen molar-refractivity contribution in [3.63, 3.8) is 0 Å². The molecular formula is C17H17F3N2O. The van der Waals surface area contributed by atoms with E-state index in [0.29, 0.717) is 6.54 Å². The molecule has 0 bridgehead atoms. The van der Waals surface area contributed by atoms with E-state index >= 15 is 0 Å². The van der Waals surface area contributed by atoms with Crippen molar-refractivity contribution in [1.29, 1.82) is 0 Å². The third kappa shape index (κ3) is 3.70. The Morgan fingerprint density at radius 3 is 2.57 bits per heavy atom. The lowest BCUT2D eigenvalue weighted by Gasteiger charge is -2.07. The maximum atomic E-state index is 12.7. The zero-order chi connectivity index (χ0) is 17.2. The second-order valence-electron chi connectivity index (χ2n) is 5.18. The quantitative estimate of drug-likeness (QED) is 0.616. The van der Waals surface area contributed by atoms with Gasteiger partial charge in [-0.25, -0.2) is 0 Å². The molecule has 0 aliphatic rings. The molecule has 0 amide bonds. The van der Waals surface area contributed by atoms with Gasteiger partial charge in [0.2, 0.25) is 0 Å². The summed E-state index contributed by atoms with van der Waals surface area (Å²) in [6.07, 6.45) is -1.58. The standard InChI is InChI=1S/C17H17F3N2O/c1-4-22-12(3)15(11(2)21-22)8-9-16(23)13-6-5-7-14(10-13)17(18,19)20/h5-10H,4H2,1-3H3/b9-8+. The molecule has 1 aromatic carbocycles. The first-order chi connectivity index (χ1) is 10.7. The molecule has 2 aromatic rings. The van der Waals surface area contributed by atoms with Crippen LogP contribution < -0.4 is 0 Å². The van der Waals surface area contributed by atoms with Gasteiger partial charge in [-0.1, -0.05) is 12.1 Å². The maximum Gasteiger partial charge on any atom is 0.416 e. The van der Waals surface area contributed by atoms with Gasteiger partial charge in [0.25, 0.3) is 0 Å². The largest absolute Gasteiger partial charge is 0.416 e. The molecule has 6 heteroatoms. The SMILES string of the molecule is CCn1nc(C)c(/C=C/C(=O)c2cccc(C(F)(F)F)c2)c1C.